The highest BCUT2D eigenvalue weighted by Gasteiger charge is 2.31. The Hall–Kier alpha value is -2.41. The van der Waals surface area contributed by atoms with Crippen LogP contribution >= 0.6 is 0 Å². The van der Waals surface area contributed by atoms with Crippen LogP contribution in [0.4, 0.5) is 0 Å². The van der Waals surface area contributed by atoms with Crippen molar-refractivity contribution in [3.05, 3.63) is 40.6 Å². The number of carbonyl (C=O) groups is 2. The highest BCUT2D eigenvalue weighted by molar-refractivity contribution is 6.10. The Morgan fingerprint density at radius 3 is 2.96 bits per heavy atom. The maximum absolute atomic E-state index is 12.8. The lowest BCUT2D eigenvalue weighted by atomic mass is 9.93. The third kappa shape index (κ3) is 2.87. The molecular weight excluding hydrogens is 310 g/mol. The molecule has 1 aliphatic rings. The van der Waals surface area contributed by atoms with E-state index in [1.54, 1.807) is 32.0 Å². The van der Waals surface area contributed by atoms with Crippen molar-refractivity contribution in [1.29, 1.82) is 0 Å². The number of furan rings is 1. The summed E-state index contributed by atoms with van der Waals surface area (Å²) in [6, 6.07) is 1.46. The second-order valence-corrected chi connectivity index (χ2v) is 5.97. The summed E-state index contributed by atoms with van der Waals surface area (Å²) >= 11 is 0. The van der Waals surface area contributed by atoms with Crippen LogP contribution < -0.4 is 5.32 Å². The summed E-state index contributed by atoms with van der Waals surface area (Å²) in [5.74, 6) is 0.754. The van der Waals surface area contributed by atoms with Gasteiger partial charge in [0.05, 0.1) is 29.5 Å². The Morgan fingerprint density at radius 2 is 2.29 bits per heavy atom. The van der Waals surface area contributed by atoms with Crippen LogP contribution in [0.2, 0.25) is 0 Å². The van der Waals surface area contributed by atoms with Crippen LogP contribution in [-0.4, -0.2) is 35.2 Å². The van der Waals surface area contributed by atoms with Crippen LogP contribution in [0.3, 0.4) is 0 Å². The predicted molar refractivity (Wildman–Crippen MR) is 86.0 cm³/mol. The second-order valence-electron chi connectivity index (χ2n) is 5.97. The molecule has 2 aromatic rings. The molecule has 0 aliphatic heterocycles. The number of fused-ring (bicyclic) bond motifs is 1. The molecule has 1 amide bonds. The minimum atomic E-state index is -0.362. The van der Waals surface area contributed by atoms with Crippen molar-refractivity contribution in [3.8, 4) is 0 Å². The van der Waals surface area contributed by atoms with Gasteiger partial charge in [0.15, 0.2) is 5.78 Å². The molecule has 0 bridgehead atoms. The average Bonchev–Trinajstić information content (AvgIpc) is 3.10. The molecule has 1 unspecified atom stereocenters. The van der Waals surface area contributed by atoms with Crippen molar-refractivity contribution in [3.63, 3.8) is 0 Å². The van der Waals surface area contributed by atoms with E-state index in [0.29, 0.717) is 42.1 Å². The Morgan fingerprint density at radius 1 is 1.50 bits per heavy atom. The normalized spacial score (nSPS) is 15.2. The molecule has 2 aromatic heterocycles. The number of Topliss-reactive ketones (excluding diaryl/α,β-unsaturated/α-hetero) is 1. The molecule has 3 rings (SSSR count). The molecule has 1 atom stereocenters. The molecule has 0 spiro atoms. The summed E-state index contributed by atoms with van der Waals surface area (Å²) in [5, 5.41) is 7.06. The lowest BCUT2D eigenvalue weighted by Gasteiger charge is -2.19. The van der Waals surface area contributed by atoms with Gasteiger partial charge in [0.2, 0.25) is 0 Å². The van der Waals surface area contributed by atoms with Crippen LogP contribution in [-0.2, 0) is 18.2 Å². The number of rotatable bonds is 5. The lowest BCUT2D eigenvalue weighted by molar-refractivity contribution is 0.0879. The van der Waals surface area contributed by atoms with E-state index in [4.69, 9.17) is 9.15 Å². The van der Waals surface area contributed by atoms with Crippen molar-refractivity contribution in [2.75, 3.05) is 13.7 Å². The number of hydrogen-bond donors (Lipinski definition) is 1. The van der Waals surface area contributed by atoms with E-state index < -0.39 is 0 Å². The van der Waals surface area contributed by atoms with Gasteiger partial charge in [-0.2, -0.15) is 5.10 Å². The van der Waals surface area contributed by atoms with Crippen LogP contribution in [0.25, 0.3) is 0 Å². The van der Waals surface area contributed by atoms with Crippen LogP contribution in [0, 0.1) is 6.92 Å². The fourth-order valence-corrected chi connectivity index (χ4v) is 3.21. The summed E-state index contributed by atoms with van der Waals surface area (Å²) in [4.78, 5) is 25.1. The highest BCUT2D eigenvalue weighted by Crippen LogP contribution is 2.30. The topological polar surface area (TPSA) is 86.4 Å². The molecule has 0 saturated heterocycles. The predicted octanol–water partition coefficient (Wildman–Crippen LogP) is 1.96. The van der Waals surface area contributed by atoms with Gasteiger partial charge in [0.1, 0.15) is 11.5 Å². The van der Waals surface area contributed by atoms with Crippen molar-refractivity contribution in [1.82, 2.24) is 15.1 Å². The van der Waals surface area contributed by atoms with E-state index in [9.17, 15) is 9.59 Å². The number of nitrogens with one attached hydrogen (secondary N) is 1. The van der Waals surface area contributed by atoms with Gasteiger partial charge in [-0.1, -0.05) is 0 Å². The third-order valence-corrected chi connectivity index (χ3v) is 4.33. The van der Waals surface area contributed by atoms with Gasteiger partial charge in [-0.25, -0.2) is 0 Å². The fourth-order valence-electron chi connectivity index (χ4n) is 3.21. The van der Waals surface area contributed by atoms with E-state index in [1.807, 2.05) is 6.07 Å². The van der Waals surface area contributed by atoms with Gasteiger partial charge in [-0.05, 0) is 19.4 Å². The first-order valence-electron chi connectivity index (χ1n) is 7.96. The van der Waals surface area contributed by atoms with Crippen LogP contribution in [0.15, 0.2) is 16.7 Å². The Labute approximate surface area is 140 Å². The molecule has 1 N–H and O–H groups in total. The monoisotopic (exact) mass is 331 g/mol. The summed E-state index contributed by atoms with van der Waals surface area (Å²) in [6.45, 7) is 2.02. The zero-order valence-electron chi connectivity index (χ0n) is 14.1. The third-order valence-electron chi connectivity index (χ3n) is 4.33. The summed E-state index contributed by atoms with van der Waals surface area (Å²) < 4.78 is 12.6. The fraction of sp³-hybridized carbons (Fsp3) is 0.471. The number of aryl methyl sites for hydroxylation is 3. The minimum Gasteiger partial charge on any atom is -0.465 e. The van der Waals surface area contributed by atoms with Crippen LogP contribution in [0.1, 0.15) is 56.8 Å². The summed E-state index contributed by atoms with van der Waals surface area (Å²) in [7, 11) is 3.38. The number of ether oxygens (including phenoxy) is 1. The van der Waals surface area contributed by atoms with Gasteiger partial charge in [0, 0.05) is 33.2 Å². The van der Waals surface area contributed by atoms with Crippen molar-refractivity contribution in [2.24, 2.45) is 7.05 Å². The first-order chi connectivity index (χ1) is 11.5. The maximum atomic E-state index is 12.8. The van der Waals surface area contributed by atoms with E-state index in [2.05, 4.69) is 10.4 Å². The molecule has 1 aliphatic carbocycles. The molecule has 7 nitrogen and oxygen atoms in total. The number of amides is 1. The first-order valence-corrected chi connectivity index (χ1v) is 7.96. The maximum Gasteiger partial charge on any atom is 0.256 e. The largest absolute Gasteiger partial charge is 0.465 e. The van der Waals surface area contributed by atoms with Gasteiger partial charge < -0.3 is 14.5 Å². The first kappa shape index (κ1) is 16.4. The minimum absolute atomic E-state index is 0.0259. The smallest absolute Gasteiger partial charge is 0.256 e. The van der Waals surface area contributed by atoms with Crippen molar-refractivity contribution < 1.29 is 18.7 Å². The van der Waals surface area contributed by atoms with Gasteiger partial charge in [-0.3, -0.25) is 14.3 Å². The van der Waals surface area contributed by atoms with Gasteiger partial charge >= 0.3 is 0 Å². The SMILES string of the molecule is COCC(NC(=O)c1c(C)oc2c1C(=O)CCC2)c1ccnn1C. The van der Waals surface area contributed by atoms with Gasteiger partial charge in [-0.15, -0.1) is 0 Å². The van der Waals surface area contributed by atoms with E-state index in [-0.39, 0.29) is 17.7 Å². The number of carbonyl (C=O) groups excluding carboxylic acids is 2. The van der Waals surface area contributed by atoms with E-state index >= 15 is 0 Å². The molecule has 128 valence electrons. The van der Waals surface area contributed by atoms with Gasteiger partial charge in [0.25, 0.3) is 5.91 Å². The van der Waals surface area contributed by atoms with E-state index in [1.165, 1.54) is 0 Å². The number of nitrogens with zero attached hydrogens (tertiary/aromatic N) is 2. The quantitative estimate of drug-likeness (QED) is 0.905. The summed E-state index contributed by atoms with van der Waals surface area (Å²) in [6.07, 6.45) is 3.58. The van der Waals surface area contributed by atoms with Crippen LogP contribution in [0.5, 0.6) is 0 Å². The standard InChI is InChI=1S/C17H21N3O4/c1-10-15(16-13(21)5-4-6-14(16)24-10)17(22)19-11(9-23-3)12-7-8-18-20(12)2/h7-8,11H,4-6,9H2,1-3H3,(H,19,22). The number of ketones is 1. The lowest BCUT2D eigenvalue weighted by Crippen LogP contribution is -2.33. The Bertz CT molecular complexity index is 775. The molecule has 0 fully saturated rings. The average molecular weight is 331 g/mol. The molecule has 0 radical (unpaired) electrons. The van der Waals surface area contributed by atoms with E-state index in [0.717, 1.165) is 12.1 Å². The summed E-state index contributed by atoms with van der Waals surface area (Å²) in [5.41, 5.74) is 1.61. The molecule has 0 saturated carbocycles. The Balaban J connectivity index is 1.90. The molecule has 24 heavy (non-hydrogen) atoms. The van der Waals surface area contributed by atoms with Crippen molar-refractivity contribution in [2.45, 2.75) is 32.2 Å². The number of hydrogen-bond acceptors (Lipinski definition) is 5. The highest BCUT2D eigenvalue weighted by atomic mass is 16.5. The number of aromatic nitrogens is 2. The second kappa shape index (κ2) is 6.60. The number of methoxy groups -OCH3 is 1. The van der Waals surface area contributed by atoms with Crippen molar-refractivity contribution >= 4 is 11.7 Å². The zero-order valence-corrected chi connectivity index (χ0v) is 14.1. The zero-order chi connectivity index (χ0) is 17.3. The molecule has 2 heterocycles. The molecule has 0 aromatic carbocycles. The molecular formula is C17H21N3O4. The Kier molecular flexibility index (Phi) is 4.53. The molecule has 7 heteroatoms.